The summed E-state index contributed by atoms with van der Waals surface area (Å²) in [5, 5.41) is 0. The van der Waals surface area contributed by atoms with E-state index < -0.39 is 0 Å². The summed E-state index contributed by atoms with van der Waals surface area (Å²) in [7, 11) is 0. The molecule has 0 aliphatic heterocycles. The number of rotatable bonds is 16. The van der Waals surface area contributed by atoms with Crippen LogP contribution in [-0.2, 0) is 0 Å². The Hall–Kier alpha value is -13.7. The van der Waals surface area contributed by atoms with Crippen molar-refractivity contribution in [2.45, 2.75) is 0 Å². The van der Waals surface area contributed by atoms with Crippen molar-refractivity contribution in [3.8, 4) is 179 Å². The summed E-state index contributed by atoms with van der Waals surface area (Å²) in [6, 6.07) is 125. The predicted molar refractivity (Wildman–Crippen MR) is 420 cm³/mol. The third kappa shape index (κ3) is 12.7. The monoisotopic (exact) mass is 1300 g/mol. The van der Waals surface area contributed by atoms with Crippen LogP contribution in [0.5, 0.6) is 0 Å². The molecular weight excluding hydrogens is 1240 g/mol. The molecule has 17 aromatic rings. The molecule has 6 aromatic heterocycles. The molecule has 0 aliphatic rings. The van der Waals surface area contributed by atoms with Crippen LogP contribution in [-0.4, -0.2) is 29.9 Å². The van der Waals surface area contributed by atoms with Gasteiger partial charge in [0.15, 0.2) is 0 Å². The Kier molecular flexibility index (Phi) is 17.0. The maximum Gasteiger partial charge on any atom is 0.0886 e. The van der Waals surface area contributed by atoms with E-state index in [4.69, 9.17) is 29.9 Å². The van der Waals surface area contributed by atoms with Crippen LogP contribution in [0.25, 0.3) is 179 Å². The van der Waals surface area contributed by atoms with Gasteiger partial charge in [-0.25, -0.2) is 0 Å². The summed E-state index contributed by atoms with van der Waals surface area (Å²) in [6.45, 7) is 0. The van der Waals surface area contributed by atoms with E-state index in [1.807, 2.05) is 79.6 Å². The van der Waals surface area contributed by atoms with Crippen molar-refractivity contribution in [1.82, 2.24) is 29.9 Å². The third-order valence-corrected chi connectivity index (χ3v) is 19.1. The molecule has 6 heteroatoms. The molecule has 102 heavy (non-hydrogen) atoms. The molecule has 0 radical (unpaired) electrons. The zero-order chi connectivity index (χ0) is 68.0. The highest BCUT2D eigenvalue weighted by atomic mass is 14.8. The largest absolute Gasteiger partial charge is 0.256 e. The number of hydrogen-bond donors (Lipinski definition) is 0. The summed E-state index contributed by atoms with van der Waals surface area (Å²) in [5.74, 6) is 0. The maximum atomic E-state index is 5.25. The molecule has 478 valence electrons. The number of aromatic nitrogens is 6. The minimum Gasteiger partial charge on any atom is -0.256 e. The quantitative estimate of drug-likeness (QED) is 0.0959. The van der Waals surface area contributed by atoms with E-state index in [0.717, 1.165) is 179 Å². The van der Waals surface area contributed by atoms with Crippen molar-refractivity contribution in [1.29, 1.82) is 0 Å². The Morgan fingerprint density at radius 3 is 0.618 bits per heavy atom. The van der Waals surface area contributed by atoms with Crippen molar-refractivity contribution < 1.29 is 0 Å². The lowest BCUT2D eigenvalue weighted by Gasteiger charge is -2.21. The van der Waals surface area contributed by atoms with Gasteiger partial charge in [0.1, 0.15) is 0 Å². The summed E-state index contributed by atoms with van der Waals surface area (Å²) < 4.78 is 0. The van der Waals surface area contributed by atoms with Crippen LogP contribution in [0.3, 0.4) is 0 Å². The molecule has 0 bridgehead atoms. The van der Waals surface area contributed by atoms with Gasteiger partial charge in [-0.05, 0) is 173 Å². The lowest BCUT2D eigenvalue weighted by molar-refractivity contribution is 1.25. The highest BCUT2D eigenvalue weighted by molar-refractivity contribution is 6.01. The Balaban J connectivity index is 0.890. The second-order valence-corrected chi connectivity index (χ2v) is 25.3. The lowest BCUT2D eigenvalue weighted by atomic mass is 9.83. The molecule has 0 unspecified atom stereocenters. The van der Waals surface area contributed by atoms with Crippen LogP contribution >= 0.6 is 0 Å². The van der Waals surface area contributed by atoms with Gasteiger partial charge in [0, 0.05) is 87.3 Å². The summed E-state index contributed by atoms with van der Waals surface area (Å²) in [5.41, 5.74) is 32.5. The van der Waals surface area contributed by atoms with Gasteiger partial charge >= 0.3 is 0 Å². The number of hydrogen-bond acceptors (Lipinski definition) is 6. The first kappa shape index (κ1) is 61.9. The molecule has 17 rings (SSSR count). The normalized spacial score (nSPS) is 11.1. The van der Waals surface area contributed by atoms with E-state index in [-0.39, 0.29) is 0 Å². The second kappa shape index (κ2) is 28.0. The second-order valence-electron chi connectivity index (χ2n) is 25.3. The smallest absolute Gasteiger partial charge is 0.0886 e. The minimum atomic E-state index is 0.781. The first-order valence-electron chi connectivity index (χ1n) is 34.3. The van der Waals surface area contributed by atoms with Gasteiger partial charge in [-0.3, -0.25) is 29.9 Å². The van der Waals surface area contributed by atoms with E-state index in [0.29, 0.717) is 0 Å². The minimum absolute atomic E-state index is 0.781. The average Bonchev–Trinajstić information content (AvgIpc) is 0.756. The van der Waals surface area contributed by atoms with Crippen LogP contribution in [0.15, 0.2) is 389 Å². The number of benzene rings is 11. The van der Waals surface area contributed by atoms with Gasteiger partial charge in [0.25, 0.3) is 0 Å². The Labute approximate surface area is 594 Å². The number of pyridine rings is 6. The first-order chi connectivity index (χ1) is 50.6. The summed E-state index contributed by atoms with van der Waals surface area (Å²) in [6.07, 6.45) is 11.9. The fraction of sp³-hybridized carbons (Fsp3) is 0. The van der Waals surface area contributed by atoms with Gasteiger partial charge in [-0.1, -0.05) is 273 Å². The van der Waals surface area contributed by atoms with Crippen LogP contribution in [0.4, 0.5) is 0 Å². The third-order valence-electron chi connectivity index (χ3n) is 19.1. The van der Waals surface area contributed by atoms with E-state index in [9.17, 15) is 0 Å². The standard InChI is InChI=1S/C96H64N6/c1-5-24-65(25-6-1)90-48-43-69(60-98-90)80-32-13-17-36-84(80)74-54-75(85-37-18-14-33-81(85)70-44-49-91(99-61-70)66-26-7-2-8-27-66)57-78(56-74)88-40-23-41-89(96(88)73-47-52-95(102-64-73)94-42-21-22-53-97-94)79-58-76(86-38-19-15-34-82(86)71-45-50-92(100-62-71)67-28-9-3-10-29-67)55-77(59-79)87-39-20-16-35-83(87)72-46-51-93(101-63-72)68-30-11-4-12-31-68/h1-64H. The highest BCUT2D eigenvalue weighted by Gasteiger charge is 2.23. The van der Waals surface area contributed by atoms with Crippen LogP contribution in [0, 0.1) is 0 Å². The molecule has 0 fully saturated rings. The maximum absolute atomic E-state index is 5.25. The van der Waals surface area contributed by atoms with Gasteiger partial charge in [-0.2, -0.15) is 0 Å². The highest BCUT2D eigenvalue weighted by Crippen LogP contribution is 2.48. The molecule has 0 N–H and O–H groups in total. The van der Waals surface area contributed by atoms with Crippen molar-refractivity contribution in [3.63, 3.8) is 0 Å². The van der Waals surface area contributed by atoms with Gasteiger partial charge in [0.2, 0.25) is 0 Å². The SMILES string of the molecule is c1ccc(-c2ccc(-c3ccccc3-c3cc(-c4ccccc4-c4ccc(-c5ccccc5)nc4)cc(-c4cccc(-c5cc(-c6ccccc6-c6ccc(-c7ccccc7)nc6)cc(-c6ccccc6-c6ccc(-c7ccccc7)nc6)c5)c4-c4ccc(-c5ccccn5)nc4)c3)cn2)cc1. The van der Waals surface area contributed by atoms with Crippen molar-refractivity contribution in [3.05, 3.63) is 389 Å². The van der Waals surface area contributed by atoms with Crippen LogP contribution in [0.2, 0.25) is 0 Å². The molecular formula is C96H64N6. The van der Waals surface area contributed by atoms with E-state index >= 15 is 0 Å². The Morgan fingerprint density at radius 1 is 0.127 bits per heavy atom. The zero-order valence-corrected chi connectivity index (χ0v) is 55.6. The fourth-order valence-corrected chi connectivity index (χ4v) is 14.0. The molecule has 11 aromatic carbocycles. The van der Waals surface area contributed by atoms with E-state index in [2.05, 4.69) is 309 Å². The summed E-state index contributed by atoms with van der Waals surface area (Å²) >= 11 is 0. The van der Waals surface area contributed by atoms with Gasteiger partial charge in [0.05, 0.1) is 34.2 Å². The molecule has 0 spiro atoms. The van der Waals surface area contributed by atoms with Crippen molar-refractivity contribution in [2.75, 3.05) is 0 Å². The fourth-order valence-electron chi connectivity index (χ4n) is 14.0. The summed E-state index contributed by atoms with van der Waals surface area (Å²) in [4.78, 5) is 30.3. The molecule has 0 aliphatic carbocycles. The zero-order valence-electron chi connectivity index (χ0n) is 55.6. The molecule has 0 saturated heterocycles. The van der Waals surface area contributed by atoms with Crippen LogP contribution in [0.1, 0.15) is 0 Å². The molecule has 0 atom stereocenters. The van der Waals surface area contributed by atoms with Crippen molar-refractivity contribution in [2.24, 2.45) is 0 Å². The molecule has 6 heterocycles. The molecule has 0 amide bonds. The lowest BCUT2D eigenvalue weighted by Crippen LogP contribution is -1.96. The van der Waals surface area contributed by atoms with Gasteiger partial charge < -0.3 is 0 Å². The molecule has 6 nitrogen and oxygen atoms in total. The van der Waals surface area contributed by atoms with Crippen molar-refractivity contribution >= 4 is 0 Å². The molecule has 0 saturated carbocycles. The number of nitrogens with zero attached hydrogens (tertiary/aromatic N) is 6. The van der Waals surface area contributed by atoms with E-state index in [1.165, 1.54) is 0 Å². The van der Waals surface area contributed by atoms with Crippen LogP contribution < -0.4 is 0 Å². The average molecular weight is 1300 g/mol. The topological polar surface area (TPSA) is 77.3 Å². The van der Waals surface area contributed by atoms with E-state index in [1.54, 1.807) is 0 Å². The van der Waals surface area contributed by atoms with Gasteiger partial charge in [-0.15, -0.1) is 0 Å². The first-order valence-corrected chi connectivity index (χ1v) is 34.3. The Morgan fingerprint density at radius 2 is 0.353 bits per heavy atom. The Bertz CT molecular complexity index is 5190. The predicted octanol–water partition coefficient (Wildman–Crippen LogP) is 24.7.